The van der Waals surface area contributed by atoms with Gasteiger partial charge in [-0.1, -0.05) is 12.1 Å². The van der Waals surface area contributed by atoms with E-state index in [1.54, 1.807) is 17.2 Å². The minimum Gasteiger partial charge on any atom is -0.506 e. The van der Waals surface area contributed by atoms with Crippen molar-refractivity contribution in [2.45, 2.75) is 6.54 Å². The van der Waals surface area contributed by atoms with Crippen molar-refractivity contribution in [3.05, 3.63) is 64.9 Å². The molecular weight excluding hydrogens is 332 g/mol. The normalized spacial score (nSPS) is 10.5. The van der Waals surface area contributed by atoms with Crippen LogP contribution in [0.3, 0.4) is 0 Å². The maximum absolute atomic E-state index is 9.94. The fourth-order valence-electron chi connectivity index (χ4n) is 1.96. The monoisotopic (exact) mass is 344 g/mol. The second-order valence-electron chi connectivity index (χ2n) is 4.47. The molecule has 0 fully saturated rings. The summed E-state index contributed by atoms with van der Waals surface area (Å²) in [6.07, 6.45) is 3.28. The summed E-state index contributed by atoms with van der Waals surface area (Å²) in [5.74, 6) is 0.266. The first-order valence-corrected chi connectivity index (χ1v) is 7.20. The molecule has 0 aliphatic heterocycles. The van der Waals surface area contributed by atoms with Crippen molar-refractivity contribution in [1.82, 2.24) is 15.0 Å². The number of hydrogen-bond acceptors (Lipinski definition) is 4. The number of anilines is 1. The van der Waals surface area contributed by atoms with E-state index in [0.717, 1.165) is 16.9 Å². The summed E-state index contributed by atoms with van der Waals surface area (Å²) in [7, 11) is 0. The lowest BCUT2D eigenvalue weighted by Gasteiger charge is -2.09. The molecule has 6 heteroatoms. The van der Waals surface area contributed by atoms with Crippen LogP contribution in [0.5, 0.6) is 5.75 Å². The molecule has 0 amide bonds. The molecule has 21 heavy (non-hydrogen) atoms. The van der Waals surface area contributed by atoms with E-state index < -0.39 is 0 Å². The van der Waals surface area contributed by atoms with Crippen LogP contribution >= 0.6 is 15.9 Å². The van der Waals surface area contributed by atoms with Gasteiger partial charge in [0, 0.05) is 17.8 Å². The summed E-state index contributed by atoms with van der Waals surface area (Å²) in [5.41, 5.74) is 2.70. The van der Waals surface area contributed by atoms with Crippen LogP contribution in [0, 0.1) is 0 Å². The van der Waals surface area contributed by atoms with Crippen molar-refractivity contribution in [2.24, 2.45) is 0 Å². The molecule has 0 aliphatic carbocycles. The molecule has 0 aliphatic rings. The average molecular weight is 345 g/mol. The highest BCUT2D eigenvalue weighted by atomic mass is 79.9. The Bertz CT molecular complexity index is 726. The van der Waals surface area contributed by atoms with E-state index in [4.69, 9.17) is 0 Å². The third-order valence-electron chi connectivity index (χ3n) is 3.07. The van der Waals surface area contributed by atoms with Crippen LogP contribution in [0.15, 0.2) is 59.3 Å². The number of para-hydroxylation sites is 1. The molecule has 3 aromatic rings. The number of hydrogen-bond donors (Lipinski definition) is 2. The van der Waals surface area contributed by atoms with E-state index in [-0.39, 0.29) is 5.75 Å². The quantitative estimate of drug-likeness (QED) is 0.761. The van der Waals surface area contributed by atoms with E-state index in [1.807, 2.05) is 42.5 Å². The van der Waals surface area contributed by atoms with Gasteiger partial charge in [0.25, 0.3) is 0 Å². The van der Waals surface area contributed by atoms with Crippen molar-refractivity contribution in [1.29, 1.82) is 0 Å². The minimum atomic E-state index is 0.266. The third-order valence-corrected chi connectivity index (χ3v) is 3.71. The molecule has 5 nitrogen and oxygen atoms in total. The van der Waals surface area contributed by atoms with Gasteiger partial charge in [0.2, 0.25) is 0 Å². The molecule has 1 heterocycles. The second-order valence-corrected chi connectivity index (χ2v) is 5.32. The zero-order valence-electron chi connectivity index (χ0n) is 11.1. The van der Waals surface area contributed by atoms with Crippen LogP contribution in [0.1, 0.15) is 5.56 Å². The number of nitrogens with zero attached hydrogens (tertiary/aromatic N) is 3. The van der Waals surface area contributed by atoms with Crippen molar-refractivity contribution in [3.8, 4) is 11.4 Å². The predicted molar refractivity (Wildman–Crippen MR) is 84.5 cm³/mol. The SMILES string of the molecule is Oc1c(Br)cccc1CNc1ccc(-n2nccn2)cc1. The number of halogens is 1. The van der Waals surface area contributed by atoms with Crippen LogP contribution < -0.4 is 5.32 Å². The third kappa shape index (κ3) is 3.05. The summed E-state index contributed by atoms with van der Waals surface area (Å²) >= 11 is 3.31. The van der Waals surface area contributed by atoms with Gasteiger partial charge in [-0.25, -0.2) is 0 Å². The van der Waals surface area contributed by atoms with Crippen molar-refractivity contribution in [2.75, 3.05) is 5.32 Å². The Morgan fingerprint density at radius 2 is 1.76 bits per heavy atom. The molecule has 0 radical (unpaired) electrons. The zero-order valence-corrected chi connectivity index (χ0v) is 12.7. The number of phenolic OH excluding ortho intramolecular Hbond substituents is 1. The molecule has 0 atom stereocenters. The predicted octanol–water partition coefficient (Wildman–Crippen LogP) is 3.35. The molecule has 1 aromatic heterocycles. The number of aromatic nitrogens is 3. The van der Waals surface area contributed by atoms with Gasteiger partial charge >= 0.3 is 0 Å². The first-order valence-electron chi connectivity index (χ1n) is 6.41. The molecular formula is C15H13BrN4O. The van der Waals surface area contributed by atoms with Crippen molar-refractivity contribution < 1.29 is 5.11 Å². The summed E-state index contributed by atoms with van der Waals surface area (Å²) in [6, 6.07) is 13.4. The maximum Gasteiger partial charge on any atom is 0.134 e. The van der Waals surface area contributed by atoms with E-state index in [9.17, 15) is 5.11 Å². The van der Waals surface area contributed by atoms with Gasteiger partial charge in [0.15, 0.2) is 0 Å². The molecule has 0 saturated heterocycles. The smallest absolute Gasteiger partial charge is 0.134 e. The average Bonchev–Trinajstić information content (AvgIpc) is 3.04. The van der Waals surface area contributed by atoms with Crippen LogP contribution in [0.25, 0.3) is 5.69 Å². The lowest BCUT2D eigenvalue weighted by Crippen LogP contribution is -2.01. The largest absolute Gasteiger partial charge is 0.506 e. The summed E-state index contributed by atoms with van der Waals surface area (Å²) in [5, 5.41) is 21.4. The lowest BCUT2D eigenvalue weighted by atomic mass is 10.2. The van der Waals surface area contributed by atoms with Gasteiger partial charge in [-0.2, -0.15) is 15.0 Å². The molecule has 0 bridgehead atoms. The van der Waals surface area contributed by atoms with Gasteiger partial charge in [0.1, 0.15) is 5.75 Å². The molecule has 106 valence electrons. The van der Waals surface area contributed by atoms with E-state index in [2.05, 4.69) is 31.4 Å². The highest BCUT2D eigenvalue weighted by molar-refractivity contribution is 9.10. The topological polar surface area (TPSA) is 63.0 Å². The first kappa shape index (κ1) is 13.6. The van der Waals surface area contributed by atoms with E-state index in [1.165, 1.54) is 0 Å². The van der Waals surface area contributed by atoms with Crippen LogP contribution in [-0.2, 0) is 6.54 Å². The zero-order chi connectivity index (χ0) is 14.7. The number of benzene rings is 2. The van der Waals surface area contributed by atoms with Crippen molar-refractivity contribution in [3.63, 3.8) is 0 Å². The van der Waals surface area contributed by atoms with Gasteiger partial charge in [0.05, 0.1) is 22.6 Å². The maximum atomic E-state index is 9.94. The second kappa shape index (κ2) is 5.97. The summed E-state index contributed by atoms with van der Waals surface area (Å²) in [4.78, 5) is 1.56. The van der Waals surface area contributed by atoms with Crippen molar-refractivity contribution >= 4 is 21.6 Å². The molecule has 0 spiro atoms. The Morgan fingerprint density at radius 3 is 2.48 bits per heavy atom. The number of aromatic hydroxyl groups is 1. The number of phenols is 1. The van der Waals surface area contributed by atoms with E-state index >= 15 is 0 Å². The Morgan fingerprint density at radius 1 is 1.05 bits per heavy atom. The Balaban J connectivity index is 1.70. The molecule has 3 rings (SSSR count). The highest BCUT2D eigenvalue weighted by Gasteiger charge is 2.04. The Hall–Kier alpha value is -2.34. The number of nitrogens with one attached hydrogen (secondary N) is 1. The summed E-state index contributed by atoms with van der Waals surface area (Å²) < 4.78 is 0.696. The van der Waals surface area contributed by atoms with Gasteiger partial charge < -0.3 is 10.4 Å². The Kier molecular flexibility index (Phi) is 3.87. The lowest BCUT2D eigenvalue weighted by molar-refractivity contribution is 0.465. The summed E-state index contributed by atoms with van der Waals surface area (Å²) in [6.45, 7) is 0.546. The van der Waals surface area contributed by atoms with Gasteiger partial charge in [-0.15, -0.1) is 0 Å². The highest BCUT2D eigenvalue weighted by Crippen LogP contribution is 2.28. The van der Waals surface area contributed by atoms with Gasteiger partial charge in [-0.3, -0.25) is 0 Å². The minimum absolute atomic E-state index is 0.266. The van der Waals surface area contributed by atoms with Crippen LogP contribution in [0.2, 0.25) is 0 Å². The Labute approximate surface area is 130 Å². The molecule has 0 saturated carbocycles. The molecule has 2 aromatic carbocycles. The fourth-order valence-corrected chi connectivity index (χ4v) is 2.37. The van der Waals surface area contributed by atoms with Crippen LogP contribution in [-0.4, -0.2) is 20.1 Å². The molecule has 2 N–H and O–H groups in total. The first-order chi connectivity index (χ1) is 10.2. The van der Waals surface area contributed by atoms with Gasteiger partial charge in [-0.05, 0) is 46.3 Å². The standard InChI is InChI=1S/C15H13BrN4O/c16-14-3-1-2-11(15(14)21)10-17-12-4-6-13(7-5-12)20-18-8-9-19-20/h1-9,17,21H,10H2. The molecule has 0 unspecified atom stereocenters. The van der Waals surface area contributed by atoms with E-state index in [0.29, 0.717) is 11.0 Å². The number of rotatable bonds is 4. The van der Waals surface area contributed by atoms with Crippen LogP contribution in [0.4, 0.5) is 5.69 Å². The fraction of sp³-hybridized carbons (Fsp3) is 0.0667.